The topological polar surface area (TPSA) is 64.3 Å². The molecule has 0 saturated heterocycles. The summed E-state index contributed by atoms with van der Waals surface area (Å²) in [6.45, 7) is 3.90. The molecular formula is C13H16N2O2. The van der Waals surface area contributed by atoms with Gasteiger partial charge in [-0.15, -0.1) is 0 Å². The Morgan fingerprint density at radius 2 is 2.29 bits per heavy atom. The first-order valence-electron chi connectivity index (χ1n) is 5.38. The number of amides is 1. The quantitative estimate of drug-likeness (QED) is 0.766. The van der Waals surface area contributed by atoms with Crippen LogP contribution >= 0.6 is 0 Å². The number of anilines is 1. The normalized spacial score (nSPS) is 9.41. The maximum atomic E-state index is 11.4. The van der Waals surface area contributed by atoms with E-state index in [0.29, 0.717) is 12.2 Å². The van der Waals surface area contributed by atoms with Gasteiger partial charge in [-0.05, 0) is 32.0 Å². The maximum absolute atomic E-state index is 11.4. The summed E-state index contributed by atoms with van der Waals surface area (Å²) in [5.74, 6) is 5.64. The van der Waals surface area contributed by atoms with Crippen LogP contribution in [-0.2, 0) is 4.74 Å². The molecule has 0 aliphatic rings. The van der Waals surface area contributed by atoms with Crippen LogP contribution in [0.3, 0.4) is 0 Å². The first-order valence-corrected chi connectivity index (χ1v) is 5.38. The van der Waals surface area contributed by atoms with Gasteiger partial charge in [0, 0.05) is 11.3 Å². The van der Waals surface area contributed by atoms with Crippen molar-refractivity contribution in [3.05, 3.63) is 29.8 Å². The Bertz CT molecular complexity index is 444. The Balaban J connectivity index is 2.68. The molecule has 0 spiro atoms. The third-order valence-electron chi connectivity index (χ3n) is 1.79. The molecule has 1 aromatic rings. The second kappa shape index (κ2) is 6.56. The molecule has 3 N–H and O–H groups in total. The van der Waals surface area contributed by atoms with Gasteiger partial charge in [-0.1, -0.05) is 17.9 Å². The monoisotopic (exact) mass is 232 g/mol. The standard InChI is InChI=1S/C13H16N2O2/c1-10(2)17-13(16)15-12-7-3-5-11(9-12)6-4-8-14/h3,5,7,9-10H,8,14H2,1-2H3,(H,15,16). The second-order valence-corrected chi connectivity index (χ2v) is 3.67. The van der Waals surface area contributed by atoms with E-state index in [4.69, 9.17) is 10.5 Å². The van der Waals surface area contributed by atoms with Crippen LogP contribution in [-0.4, -0.2) is 18.7 Å². The minimum Gasteiger partial charge on any atom is -0.447 e. The number of ether oxygens (including phenoxy) is 1. The van der Waals surface area contributed by atoms with E-state index in [1.165, 1.54) is 0 Å². The molecule has 0 radical (unpaired) electrons. The smallest absolute Gasteiger partial charge is 0.411 e. The fraction of sp³-hybridized carbons (Fsp3) is 0.308. The van der Waals surface area contributed by atoms with Crippen molar-refractivity contribution >= 4 is 11.8 Å². The summed E-state index contributed by atoms with van der Waals surface area (Å²) in [6, 6.07) is 7.20. The zero-order valence-corrected chi connectivity index (χ0v) is 9.99. The van der Waals surface area contributed by atoms with Gasteiger partial charge in [0.15, 0.2) is 0 Å². The lowest BCUT2D eigenvalue weighted by atomic mass is 10.2. The third kappa shape index (κ3) is 5.05. The average molecular weight is 232 g/mol. The van der Waals surface area contributed by atoms with Gasteiger partial charge in [-0.3, -0.25) is 5.32 Å². The van der Waals surface area contributed by atoms with Gasteiger partial charge in [-0.2, -0.15) is 0 Å². The third-order valence-corrected chi connectivity index (χ3v) is 1.79. The van der Waals surface area contributed by atoms with E-state index in [9.17, 15) is 4.79 Å². The predicted octanol–water partition coefficient (Wildman–Crippen LogP) is 1.95. The zero-order chi connectivity index (χ0) is 12.7. The first kappa shape index (κ1) is 13.1. The Morgan fingerprint density at radius 3 is 2.94 bits per heavy atom. The van der Waals surface area contributed by atoms with E-state index in [0.717, 1.165) is 5.56 Å². The lowest BCUT2D eigenvalue weighted by molar-refractivity contribution is 0.130. The molecule has 0 fully saturated rings. The van der Waals surface area contributed by atoms with Crippen LogP contribution < -0.4 is 11.1 Å². The van der Waals surface area contributed by atoms with E-state index < -0.39 is 6.09 Å². The molecule has 0 atom stereocenters. The molecule has 4 nitrogen and oxygen atoms in total. The number of carbonyl (C=O) groups is 1. The molecule has 0 aromatic heterocycles. The number of nitrogens with two attached hydrogens (primary N) is 1. The minimum atomic E-state index is -0.469. The van der Waals surface area contributed by atoms with Crippen LogP contribution in [0.15, 0.2) is 24.3 Å². The van der Waals surface area contributed by atoms with E-state index in [-0.39, 0.29) is 6.10 Å². The summed E-state index contributed by atoms with van der Waals surface area (Å²) in [7, 11) is 0. The first-order chi connectivity index (χ1) is 8.11. The van der Waals surface area contributed by atoms with Crippen LogP contribution in [0.5, 0.6) is 0 Å². The van der Waals surface area contributed by atoms with E-state index in [1.54, 1.807) is 26.0 Å². The summed E-state index contributed by atoms with van der Waals surface area (Å²) in [6.07, 6.45) is -0.612. The van der Waals surface area contributed by atoms with Crippen molar-refractivity contribution in [3.63, 3.8) is 0 Å². The van der Waals surface area contributed by atoms with Crippen molar-refractivity contribution < 1.29 is 9.53 Å². The highest BCUT2D eigenvalue weighted by Crippen LogP contribution is 2.10. The van der Waals surface area contributed by atoms with Gasteiger partial charge in [0.05, 0.1) is 12.6 Å². The van der Waals surface area contributed by atoms with Crippen molar-refractivity contribution in [1.29, 1.82) is 0 Å². The van der Waals surface area contributed by atoms with Crippen LogP contribution in [0.4, 0.5) is 10.5 Å². The average Bonchev–Trinajstić information content (AvgIpc) is 2.25. The van der Waals surface area contributed by atoms with Gasteiger partial charge >= 0.3 is 6.09 Å². The highest BCUT2D eigenvalue weighted by atomic mass is 16.6. The SMILES string of the molecule is CC(C)OC(=O)Nc1cccc(C#CCN)c1. The summed E-state index contributed by atoms with van der Waals surface area (Å²) < 4.78 is 4.97. The van der Waals surface area contributed by atoms with Gasteiger partial charge in [0.25, 0.3) is 0 Å². The van der Waals surface area contributed by atoms with Crippen molar-refractivity contribution in [2.24, 2.45) is 5.73 Å². The summed E-state index contributed by atoms with van der Waals surface area (Å²) in [5.41, 5.74) is 6.74. The molecule has 1 rings (SSSR count). The molecule has 90 valence electrons. The van der Waals surface area contributed by atoms with Crippen molar-refractivity contribution in [1.82, 2.24) is 0 Å². The lowest BCUT2D eigenvalue weighted by Gasteiger charge is -2.09. The summed E-state index contributed by atoms with van der Waals surface area (Å²) in [4.78, 5) is 11.4. The van der Waals surface area contributed by atoms with Gasteiger partial charge in [0.2, 0.25) is 0 Å². The Kier molecular flexibility index (Phi) is 5.05. The molecule has 0 saturated carbocycles. The summed E-state index contributed by atoms with van der Waals surface area (Å²) in [5, 5.41) is 2.63. The molecule has 4 heteroatoms. The Labute approximate surface area is 101 Å². The molecule has 0 heterocycles. The largest absolute Gasteiger partial charge is 0.447 e. The van der Waals surface area contributed by atoms with Gasteiger partial charge < -0.3 is 10.5 Å². The van der Waals surface area contributed by atoms with Crippen molar-refractivity contribution in [3.8, 4) is 11.8 Å². The minimum absolute atomic E-state index is 0.143. The fourth-order valence-electron chi connectivity index (χ4n) is 1.19. The maximum Gasteiger partial charge on any atom is 0.411 e. The highest BCUT2D eigenvalue weighted by Gasteiger charge is 2.05. The highest BCUT2D eigenvalue weighted by molar-refractivity contribution is 5.84. The molecule has 1 aromatic carbocycles. The van der Waals surface area contributed by atoms with E-state index in [2.05, 4.69) is 17.2 Å². The number of benzene rings is 1. The second-order valence-electron chi connectivity index (χ2n) is 3.67. The van der Waals surface area contributed by atoms with Crippen molar-refractivity contribution in [2.45, 2.75) is 20.0 Å². The Hall–Kier alpha value is -1.99. The molecule has 17 heavy (non-hydrogen) atoms. The molecular weight excluding hydrogens is 216 g/mol. The zero-order valence-electron chi connectivity index (χ0n) is 9.99. The van der Waals surface area contributed by atoms with Crippen molar-refractivity contribution in [2.75, 3.05) is 11.9 Å². The van der Waals surface area contributed by atoms with Crippen LogP contribution in [0.1, 0.15) is 19.4 Å². The predicted molar refractivity (Wildman–Crippen MR) is 67.6 cm³/mol. The number of rotatable bonds is 2. The van der Waals surface area contributed by atoms with Gasteiger partial charge in [-0.25, -0.2) is 4.79 Å². The molecule has 0 aliphatic heterocycles. The molecule has 0 unspecified atom stereocenters. The number of nitrogens with one attached hydrogen (secondary N) is 1. The van der Waals surface area contributed by atoms with Crippen LogP contribution in [0.25, 0.3) is 0 Å². The lowest BCUT2D eigenvalue weighted by Crippen LogP contribution is -2.17. The molecule has 0 aliphatic carbocycles. The number of hydrogen-bond donors (Lipinski definition) is 2. The summed E-state index contributed by atoms with van der Waals surface area (Å²) >= 11 is 0. The van der Waals surface area contributed by atoms with Crippen LogP contribution in [0, 0.1) is 11.8 Å². The number of hydrogen-bond acceptors (Lipinski definition) is 3. The molecule has 0 bridgehead atoms. The van der Waals surface area contributed by atoms with E-state index in [1.807, 2.05) is 12.1 Å². The molecule has 1 amide bonds. The Morgan fingerprint density at radius 1 is 1.53 bits per heavy atom. The van der Waals surface area contributed by atoms with Crippen LogP contribution in [0.2, 0.25) is 0 Å². The fourth-order valence-corrected chi connectivity index (χ4v) is 1.19. The van der Waals surface area contributed by atoms with E-state index >= 15 is 0 Å². The van der Waals surface area contributed by atoms with Gasteiger partial charge in [0.1, 0.15) is 0 Å². The number of carbonyl (C=O) groups excluding carboxylic acids is 1.